The zero-order valence-corrected chi connectivity index (χ0v) is 13.0. The van der Waals surface area contributed by atoms with Crippen molar-refractivity contribution in [3.05, 3.63) is 46.9 Å². The fourth-order valence-corrected chi connectivity index (χ4v) is 3.09. The Morgan fingerprint density at radius 1 is 1.27 bits per heavy atom. The molecule has 2 aromatic heterocycles. The topological polar surface area (TPSA) is 58.1 Å². The van der Waals surface area contributed by atoms with E-state index in [-0.39, 0.29) is 11.9 Å². The molecule has 1 saturated heterocycles. The van der Waals surface area contributed by atoms with Crippen LogP contribution in [-0.2, 0) is 4.79 Å². The third kappa shape index (κ3) is 3.92. The molecule has 22 heavy (non-hydrogen) atoms. The molecule has 1 amide bonds. The van der Waals surface area contributed by atoms with E-state index >= 15 is 0 Å². The fraction of sp³-hybridized carbons (Fsp3) is 0.312. The summed E-state index contributed by atoms with van der Waals surface area (Å²) < 4.78 is 0. The molecule has 1 aliphatic rings. The molecule has 0 aromatic carbocycles. The first-order valence-corrected chi connectivity index (χ1v) is 8.23. The molecule has 1 aliphatic heterocycles. The Morgan fingerprint density at radius 3 is 2.73 bits per heavy atom. The van der Waals surface area contributed by atoms with Gasteiger partial charge in [-0.25, -0.2) is 9.97 Å². The largest absolute Gasteiger partial charge is 0.350 e. The summed E-state index contributed by atoms with van der Waals surface area (Å²) in [7, 11) is 0. The molecule has 0 aliphatic carbocycles. The minimum absolute atomic E-state index is 0.0252. The highest BCUT2D eigenvalue weighted by Gasteiger charge is 2.21. The number of thiophene rings is 1. The van der Waals surface area contributed by atoms with Gasteiger partial charge in [0.05, 0.1) is 0 Å². The van der Waals surface area contributed by atoms with Gasteiger partial charge in [-0.15, -0.1) is 11.3 Å². The fourth-order valence-electron chi connectivity index (χ4n) is 2.47. The predicted octanol–water partition coefficient (Wildman–Crippen LogP) is 2.34. The molecule has 0 spiro atoms. The van der Waals surface area contributed by atoms with Crippen molar-refractivity contribution < 1.29 is 4.79 Å². The van der Waals surface area contributed by atoms with Gasteiger partial charge in [0.1, 0.15) is 0 Å². The van der Waals surface area contributed by atoms with Crippen molar-refractivity contribution in [3.8, 4) is 0 Å². The maximum atomic E-state index is 11.9. The first-order chi connectivity index (χ1) is 10.8. The minimum Gasteiger partial charge on any atom is -0.350 e. The Bertz CT molecular complexity index is 619. The average molecular weight is 314 g/mol. The maximum Gasteiger partial charge on any atom is 0.244 e. The number of nitrogens with one attached hydrogen (secondary N) is 1. The molecule has 114 valence electrons. The van der Waals surface area contributed by atoms with E-state index in [4.69, 9.17) is 0 Å². The number of rotatable bonds is 4. The monoisotopic (exact) mass is 314 g/mol. The van der Waals surface area contributed by atoms with Gasteiger partial charge in [0.2, 0.25) is 11.9 Å². The highest BCUT2D eigenvalue weighted by atomic mass is 32.1. The van der Waals surface area contributed by atoms with E-state index in [1.165, 1.54) is 0 Å². The lowest BCUT2D eigenvalue weighted by molar-refractivity contribution is -0.117. The van der Waals surface area contributed by atoms with Gasteiger partial charge in [-0.2, -0.15) is 0 Å². The van der Waals surface area contributed by atoms with E-state index in [0.29, 0.717) is 0 Å². The van der Waals surface area contributed by atoms with Crippen LogP contribution in [-0.4, -0.2) is 35.0 Å². The zero-order valence-electron chi connectivity index (χ0n) is 12.2. The number of piperidine rings is 1. The second-order valence-corrected chi connectivity index (χ2v) is 6.15. The van der Waals surface area contributed by atoms with Crippen molar-refractivity contribution in [3.63, 3.8) is 0 Å². The summed E-state index contributed by atoms with van der Waals surface area (Å²) >= 11 is 1.62. The summed E-state index contributed by atoms with van der Waals surface area (Å²) in [5.74, 6) is 0.743. The Balaban J connectivity index is 1.47. The number of anilines is 1. The Hall–Kier alpha value is -2.21. The summed E-state index contributed by atoms with van der Waals surface area (Å²) in [5.41, 5.74) is 0. The van der Waals surface area contributed by atoms with Crippen LogP contribution >= 0.6 is 11.3 Å². The van der Waals surface area contributed by atoms with Gasteiger partial charge >= 0.3 is 0 Å². The highest BCUT2D eigenvalue weighted by Crippen LogP contribution is 2.15. The SMILES string of the molecule is O=C(/C=C/c1cccs1)NC1CCN(c2ncccn2)CC1. The Morgan fingerprint density at radius 2 is 2.05 bits per heavy atom. The van der Waals surface area contributed by atoms with Crippen LogP contribution in [0.25, 0.3) is 6.08 Å². The van der Waals surface area contributed by atoms with Crippen LogP contribution in [0.2, 0.25) is 0 Å². The minimum atomic E-state index is -0.0252. The summed E-state index contributed by atoms with van der Waals surface area (Å²) in [6.45, 7) is 1.73. The van der Waals surface area contributed by atoms with Crippen LogP contribution in [0.3, 0.4) is 0 Å². The first-order valence-electron chi connectivity index (χ1n) is 7.35. The number of nitrogens with zero attached hydrogens (tertiary/aromatic N) is 3. The third-order valence-electron chi connectivity index (χ3n) is 3.62. The van der Waals surface area contributed by atoms with Crippen molar-refractivity contribution in [1.29, 1.82) is 0 Å². The van der Waals surface area contributed by atoms with Crippen LogP contribution in [0, 0.1) is 0 Å². The number of aromatic nitrogens is 2. The average Bonchev–Trinajstić information content (AvgIpc) is 3.08. The van der Waals surface area contributed by atoms with Crippen LogP contribution < -0.4 is 10.2 Å². The van der Waals surface area contributed by atoms with Gasteiger partial charge in [-0.1, -0.05) is 6.07 Å². The maximum absolute atomic E-state index is 11.9. The van der Waals surface area contributed by atoms with E-state index in [1.54, 1.807) is 29.8 Å². The van der Waals surface area contributed by atoms with Gasteiger partial charge in [-0.05, 0) is 36.4 Å². The van der Waals surface area contributed by atoms with Gasteiger partial charge in [0.25, 0.3) is 0 Å². The van der Waals surface area contributed by atoms with Crippen LogP contribution in [0.1, 0.15) is 17.7 Å². The number of carbonyl (C=O) groups excluding carboxylic acids is 1. The van der Waals surface area contributed by atoms with Gasteiger partial charge in [0.15, 0.2) is 0 Å². The lowest BCUT2D eigenvalue weighted by Crippen LogP contribution is -2.44. The number of hydrogen-bond acceptors (Lipinski definition) is 5. The number of carbonyl (C=O) groups is 1. The van der Waals surface area contributed by atoms with Crippen LogP contribution in [0.4, 0.5) is 5.95 Å². The molecule has 0 atom stereocenters. The molecule has 0 saturated carbocycles. The number of amides is 1. The summed E-state index contributed by atoms with van der Waals surface area (Å²) in [6, 6.07) is 6.01. The van der Waals surface area contributed by atoms with Crippen molar-refractivity contribution in [2.45, 2.75) is 18.9 Å². The summed E-state index contributed by atoms with van der Waals surface area (Å²) in [5, 5.41) is 5.06. The van der Waals surface area contributed by atoms with Crippen LogP contribution in [0.15, 0.2) is 42.0 Å². The predicted molar refractivity (Wildman–Crippen MR) is 88.8 cm³/mol. The molecule has 0 unspecified atom stereocenters. The van der Waals surface area contributed by atoms with E-state index in [1.807, 2.05) is 29.7 Å². The highest BCUT2D eigenvalue weighted by molar-refractivity contribution is 7.10. The Labute approximate surface area is 133 Å². The molecule has 3 heterocycles. The lowest BCUT2D eigenvalue weighted by Gasteiger charge is -2.32. The van der Waals surface area contributed by atoms with E-state index in [2.05, 4.69) is 20.2 Å². The first kappa shape index (κ1) is 14.7. The van der Waals surface area contributed by atoms with Crippen molar-refractivity contribution >= 4 is 29.3 Å². The molecular formula is C16H18N4OS. The molecule has 1 N–H and O–H groups in total. The third-order valence-corrected chi connectivity index (χ3v) is 4.46. The molecule has 1 fully saturated rings. The van der Waals surface area contributed by atoms with E-state index < -0.39 is 0 Å². The number of hydrogen-bond donors (Lipinski definition) is 1. The molecule has 2 aromatic rings. The molecule has 0 radical (unpaired) electrons. The summed E-state index contributed by atoms with van der Waals surface area (Å²) in [6.07, 6.45) is 8.80. The van der Waals surface area contributed by atoms with Gasteiger partial charge < -0.3 is 10.2 Å². The van der Waals surface area contributed by atoms with E-state index in [0.717, 1.165) is 36.8 Å². The van der Waals surface area contributed by atoms with Crippen LogP contribution in [0.5, 0.6) is 0 Å². The molecular weight excluding hydrogens is 296 g/mol. The summed E-state index contributed by atoms with van der Waals surface area (Å²) in [4.78, 5) is 23.7. The second kappa shape index (κ2) is 7.17. The van der Waals surface area contributed by atoms with Gasteiger partial charge in [0, 0.05) is 42.5 Å². The quantitative estimate of drug-likeness (QED) is 0.880. The molecule has 6 heteroatoms. The van der Waals surface area contributed by atoms with E-state index in [9.17, 15) is 4.79 Å². The second-order valence-electron chi connectivity index (χ2n) is 5.17. The lowest BCUT2D eigenvalue weighted by atomic mass is 10.1. The Kier molecular flexibility index (Phi) is 4.80. The van der Waals surface area contributed by atoms with Crippen molar-refractivity contribution in [2.75, 3.05) is 18.0 Å². The van der Waals surface area contributed by atoms with Crippen molar-refractivity contribution in [1.82, 2.24) is 15.3 Å². The molecule has 3 rings (SSSR count). The molecule has 5 nitrogen and oxygen atoms in total. The molecule has 0 bridgehead atoms. The smallest absolute Gasteiger partial charge is 0.244 e. The van der Waals surface area contributed by atoms with Gasteiger partial charge in [-0.3, -0.25) is 4.79 Å². The van der Waals surface area contributed by atoms with Crippen molar-refractivity contribution in [2.24, 2.45) is 0 Å². The standard InChI is InChI=1S/C16H18N4OS/c21-15(5-4-14-3-1-12-22-14)19-13-6-10-20(11-7-13)16-17-8-2-9-18-16/h1-5,8-9,12-13H,6-7,10-11H2,(H,19,21)/b5-4+. The normalized spacial score (nSPS) is 16.1. The zero-order chi connectivity index (χ0) is 15.2.